The topological polar surface area (TPSA) is 67.8 Å². The summed E-state index contributed by atoms with van der Waals surface area (Å²) in [5.74, 6) is 0.872. The summed E-state index contributed by atoms with van der Waals surface area (Å²) >= 11 is 3.46. The predicted molar refractivity (Wildman–Crippen MR) is 102 cm³/mol. The highest BCUT2D eigenvalue weighted by Gasteiger charge is 2.29. The highest BCUT2D eigenvalue weighted by atomic mass is 79.9. The Morgan fingerprint density at radius 2 is 2.04 bits per heavy atom. The Hall–Kier alpha value is -1.37. The lowest BCUT2D eigenvalue weighted by Crippen LogP contribution is -2.34. The van der Waals surface area contributed by atoms with E-state index in [-0.39, 0.29) is 18.4 Å². The zero-order valence-electron chi connectivity index (χ0n) is 14.8. The molecule has 1 amide bonds. The smallest absolute Gasteiger partial charge is 0.286 e. The van der Waals surface area contributed by atoms with Gasteiger partial charge in [-0.05, 0) is 55.4 Å². The number of benzene rings is 1. The molecule has 0 radical (unpaired) electrons. The van der Waals surface area contributed by atoms with Gasteiger partial charge in [0.05, 0.1) is 6.61 Å². The number of carbonyl (C=O) groups excluding carboxylic acids is 1. The lowest BCUT2D eigenvalue weighted by atomic mass is 9.93. The van der Waals surface area contributed by atoms with Gasteiger partial charge in [-0.3, -0.25) is 4.79 Å². The van der Waals surface area contributed by atoms with Gasteiger partial charge in [0.1, 0.15) is 0 Å². The van der Waals surface area contributed by atoms with Crippen LogP contribution in [0.25, 0.3) is 0 Å². The molecular weight excluding hydrogens is 398 g/mol. The maximum atomic E-state index is 12.5. The monoisotopic (exact) mass is 423 g/mol. The molecule has 2 N–H and O–H groups in total. The number of rotatable bonds is 9. The van der Waals surface area contributed by atoms with Crippen LogP contribution in [0.1, 0.15) is 43.6 Å². The zero-order valence-corrected chi connectivity index (χ0v) is 16.4. The Morgan fingerprint density at radius 3 is 2.73 bits per heavy atom. The van der Waals surface area contributed by atoms with Gasteiger partial charge in [0.25, 0.3) is 5.91 Å². The van der Waals surface area contributed by atoms with Crippen molar-refractivity contribution in [3.8, 4) is 0 Å². The second-order valence-electron chi connectivity index (χ2n) is 6.93. The van der Waals surface area contributed by atoms with Gasteiger partial charge < -0.3 is 19.9 Å². The molecule has 5 nitrogen and oxygen atoms in total. The van der Waals surface area contributed by atoms with E-state index >= 15 is 0 Å². The molecule has 1 aromatic carbocycles. The van der Waals surface area contributed by atoms with Crippen LogP contribution < -0.4 is 5.32 Å². The number of unbranched alkanes of at least 4 members (excludes halogenated alkanes) is 1. The van der Waals surface area contributed by atoms with Crippen molar-refractivity contribution in [3.05, 3.63) is 46.1 Å². The molecule has 6 heteroatoms. The summed E-state index contributed by atoms with van der Waals surface area (Å²) in [5.41, 5.74) is 1.13. The molecule has 26 heavy (non-hydrogen) atoms. The first kappa shape index (κ1) is 19.4. The maximum absolute atomic E-state index is 12.5. The second kappa shape index (κ2) is 9.53. The minimum Gasteiger partial charge on any atom is -0.459 e. The fourth-order valence-electron chi connectivity index (χ4n) is 2.94. The molecule has 2 aliphatic rings. The van der Waals surface area contributed by atoms with Gasteiger partial charge >= 0.3 is 0 Å². The van der Waals surface area contributed by atoms with E-state index in [0.29, 0.717) is 37.7 Å². The molecule has 0 spiro atoms. The van der Waals surface area contributed by atoms with Gasteiger partial charge in [-0.25, -0.2) is 0 Å². The first-order valence-corrected chi connectivity index (χ1v) is 10.1. The number of halogens is 1. The number of amides is 1. The number of nitrogens with one attached hydrogen (secondary N) is 1. The maximum Gasteiger partial charge on any atom is 0.286 e. The largest absolute Gasteiger partial charge is 0.459 e. The van der Waals surface area contributed by atoms with Gasteiger partial charge in [0, 0.05) is 30.0 Å². The van der Waals surface area contributed by atoms with Crippen LogP contribution in [0.4, 0.5) is 0 Å². The van der Waals surface area contributed by atoms with Gasteiger partial charge in [0.15, 0.2) is 5.76 Å². The Kier molecular flexibility index (Phi) is 7.11. The quantitative estimate of drug-likeness (QED) is 0.596. The highest BCUT2D eigenvalue weighted by Crippen LogP contribution is 2.32. The molecule has 0 saturated heterocycles. The third-order valence-corrected chi connectivity index (χ3v) is 5.21. The molecule has 1 heterocycles. The number of hydrogen-bond donors (Lipinski definition) is 2. The van der Waals surface area contributed by atoms with E-state index in [2.05, 4.69) is 33.4 Å². The minimum atomic E-state index is -0.450. The molecule has 1 aliphatic carbocycles. The van der Waals surface area contributed by atoms with Crippen LogP contribution in [-0.2, 0) is 14.3 Å². The average Bonchev–Trinajstić information content (AvgIpc) is 3.48. The lowest BCUT2D eigenvalue weighted by Gasteiger charge is -2.29. The number of aliphatic hydroxyl groups is 1. The molecule has 0 bridgehead atoms. The van der Waals surface area contributed by atoms with E-state index in [4.69, 9.17) is 14.6 Å². The van der Waals surface area contributed by atoms with Gasteiger partial charge in [-0.15, -0.1) is 0 Å². The fourth-order valence-corrected chi connectivity index (χ4v) is 3.20. The van der Waals surface area contributed by atoms with Crippen molar-refractivity contribution >= 4 is 21.8 Å². The van der Waals surface area contributed by atoms with Crippen LogP contribution in [0, 0.1) is 5.92 Å². The molecule has 1 aliphatic heterocycles. The number of hydrogen-bond acceptors (Lipinski definition) is 4. The lowest BCUT2D eigenvalue weighted by molar-refractivity contribution is -0.146. The van der Waals surface area contributed by atoms with Crippen molar-refractivity contribution in [1.29, 1.82) is 0 Å². The van der Waals surface area contributed by atoms with Crippen molar-refractivity contribution in [2.45, 2.75) is 44.3 Å². The highest BCUT2D eigenvalue weighted by molar-refractivity contribution is 9.10. The molecule has 1 saturated carbocycles. The molecule has 2 atom stereocenters. The molecule has 1 aromatic rings. The van der Waals surface area contributed by atoms with Gasteiger partial charge in [-0.1, -0.05) is 28.1 Å². The first-order valence-electron chi connectivity index (χ1n) is 9.30. The van der Waals surface area contributed by atoms with Crippen molar-refractivity contribution in [1.82, 2.24) is 5.32 Å². The minimum absolute atomic E-state index is 0.0707. The van der Waals surface area contributed by atoms with E-state index in [1.165, 1.54) is 12.8 Å². The molecular formula is C20H26BrNO4. The summed E-state index contributed by atoms with van der Waals surface area (Å²) in [7, 11) is 0. The Labute approximate surface area is 162 Å². The van der Waals surface area contributed by atoms with Crippen molar-refractivity contribution in [3.63, 3.8) is 0 Å². The van der Waals surface area contributed by atoms with Crippen molar-refractivity contribution < 1.29 is 19.4 Å². The van der Waals surface area contributed by atoms with E-state index in [1.807, 2.05) is 18.2 Å². The van der Waals surface area contributed by atoms with Crippen molar-refractivity contribution in [2.75, 3.05) is 19.8 Å². The van der Waals surface area contributed by atoms with Crippen LogP contribution in [0.15, 0.2) is 40.6 Å². The average molecular weight is 424 g/mol. The van der Waals surface area contributed by atoms with Crippen LogP contribution in [0.5, 0.6) is 0 Å². The summed E-state index contributed by atoms with van der Waals surface area (Å²) in [5, 5.41) is 11.9. The van der Waals surface area contributed by atoms with Crippen LogP contribution >= 0.6 is 15.9 Å². The normalized spacial score (nSPS) is 22.5. The summed E-state index contributed by atoms with van der Waals surface area (Å²) < 4.78 is 12.7. The van der Waals surface area contributed by atoms with Crippen LogP contribution in [0.2, 0.25) is 0 Å². The van der Waals surface area contributed by atoms with E-state index < -0.39 is 6.29 Å². The summed E-state index contributed by atoms with van der Waals surface area (Å²) in [6.07, 6.45) is 5.98. The van der Waals surface area contributed by atoms with Gasteiger partial charge in [0.2, 0.25) is 6.29 Å². The Bertz CT molecular complexity index is 627. The summed E-state index contributed by atoms with van der Waals surface area (Å²) in [6.45, 7) is 1.38. The number of aliphatic hydroxyl groups excluding tert-OH is 1. The first-order chi connectivity index (χ1) is 12.7. The van der Waals surface area contributed by atoms with Gasteiger partial charge in [-0.2, -0.15) is 0 Å². The van der Waals surface area contributed by atoms with E-state index in [1.54, 1.807) is 0 Å². The molecule has 0 aromatic heterocycles. The number of carbonyl (C=O) groups is 1. The fraction of sp³-hybridized carbons (Fsp3) is 0.550. The summed E-state index contributed by atoms with van der Waals surface area (Å²) in [4.78, 5) is 12.5. The molecule has 142 valence electrons. The zero-order chi connectivity index (χ0) is 18.4. The van der Waals surface area contributed by atoms with Crippen LogP contribution in [0.3, 0.4) is 0 Å². The molecule has 1 fully saturated rings. The third kappa shape index (κ3) is 5.83. The summed E-state index contributed by atoms with van der Waals surface area (Å²) in [6, 6.07) is 8.11. The van der Waals surface area contributed by atoms with E-state index in [9.17, 15) is 4.79 Å². The Balaban J connectivity index is 1.66. The SMILES string of the molecule is O=C(NCC1CC1)C1=C[C@@H](c2ccc(Br)cc2)C[C@@H](OCCCCO)O1. The van der Waals surface area contributed by atoms with Crippen molar-refractivity contribution in [2.24, 2.45) is 5.92 Å². The standard InChI is InChI=1S/C20H26BrNO4/c21-17-7-5-15(6-8-17)16-11-18(20(24)22-13-14-3-4-14)26-19(12-16)25-10-2-1-9-23/h5-8,11,14,16,19,23H,1-4,9-10,12-13H2,(H,22,24)/t16-,19+/m1/s1. The van der Waals surface area contributed by atoms with Crippen LogP contribution in [-0.4, -0.2) is 37.1 Å². The predicted octanol–water partition coefficient (Wildman–Crippen LogP) is 3.48. The second-order valence-corrected chi connectivity index (χ2v) is 7.84. The molecule has 0 unspecified atom stereocenters. The Morgan fingerprint density at radius 1 is 1.27 bits per heavy atom. The third-order valence-electron chi connectivity index (χ3n) is 4.68. The van der Waals surface area contributed by atoms with E-state index in [0.717, 1.165) is 16.5 Å². The molecule has 3 rings (SSSR count). The number of allylic oxidation sites excluding steroid dienone is 1. The number of ether oxygens (including phenoxy) is 2.